The van der Waals surface area contributed by atoms with Gasteiger partial charge in [0.2, 0.25) is 23.6 Å². The SMILES string of the molecule is COC(=O)Cc1ccccc1N(C(=O)CCCCC1CCSS1)c1c(Cl)cccc1Cl.O=C(O)Cc1ccccc1N(C(=O)CCCCC1CCSS1)c1c(Cl)cccc1Cl.O=C(O)Cc1ccccc1N(C(=O)CCCC[C@@H]1CCSS1)c1c(Cl)cccc1Cl.O=C(O)Cc1ccccc1N(C(=O)CCCC[C@H]1CCSS1)c1c(Cl)cccc1Cl. The van der Waals surface area contributed by atoms with Gasteiger partial charge in [-0.25, -0.2) is 0 Å². The van der Waals surface area contributed by atoms with Gasteiger partial charge in [0.05, 0.1) is 118 Å². The number of carbonyl (C=O) groups excluding carboxylic acids is 5. The Morgan fingerprint density at radius 2 is 0.512 bits per heavy atom. The van der Waals surface area contributed by atoms with Crippen molar-refractivity contribution in [3.8, 4) is 0 Å². The molecule has 0 bridgehead atoms. The minimum absolute atomic E-state index is 0.0507. The summed E-state index contributed by atoms with van der Waals surface area (Å²) >= 11 is 51.5. The number of carbonyl (C=O) groups is 8. The molecule has 0 spiro atoms. The minimum atomic E-state index is -0.966. The van der Waals surface area contributed by atoms with Crippen molar-refractivity contribution in [1.82, 2.24) is 0 Å². The van der Waals surface area contributed by atoms with Crippen molar-refractivity contribution in [1.29, 1.82) is 0 Å². The van der Waals surface area contributed by atoms with Crippen LogP contribution in [0.4, 0.5) is 45.5 Å². The van der Waals surface area contributed by atoms with Gasteiger partial charge in [-0.05, 0) is 172 Å². The van der Waals surface area contributed by atoms with Gasteiger partial charge < -0.3 is 20.1 Å². The second kappa shape index (κ2) is 52.7. The average molecular weight is 1950 g/mol. The number of methoxy groups -OCH3 is 1. The van der Waals surface area contributed by atoms with Crippen molar-refractivity contribution in [3.63, 3.8) is 0 Å². The molecule has 16 nitrogen and oxygen atoms in total. The Hall–Kier alpha value is -5.36. The third-order valence-corrected chi connectivity index (χ3v) is 34.2. The maximum absolute atomic E-state index is 13.4. The van der Waals surface area contributed by atoms with Gasteiger partial charge in [-0.3, -0.25) is 58.0 Å². The zero-order valence-electron chi connectivity index (χ0n) is 66.4. The van der Waals surface area contributed by atoms with Crippen LogP contribution >= 0.6 is 179 Å². The largest absolute Gasteiger partial charge is 0.481 e. The van der Waals surface area contributed by atoms with Crippen LogP contribution in [0.1, 0.15) is 151 Å². The number of nitrogens with zero attached hydrogens (tertiary/aromatic N) is 4. The van der Waals surface area contributed by atoms with E-state index in [9.17, 15) is 53.7 Å². The summed E-state index contributed by atoms with van der Waals surface area (Å²) < 4.78 is 4.83. The summed E-state index contributed by atoms with van der Waals surface area (Å²) in [5.41, 5.74) is 6.01. The highest BCUT2D eigenvalue weighted by Gasteiger charge is 2.32. The molecule has 4 heterocycles. The van der Waals surface area contributed by atoms with E-state index in [1.807, 2.05) is 111 Å². The summed E-state index contributed by atoms with van der Waals surface area (Å²) in [4.78, 5) is 106. The Morgan fingerprint density at radius 1 is 0.306 bits per heavy atom. The fourth-order valence-corrected chi connectivity index (χ4v) is 28.2. The molecule has 4 fully saturated rings. The van der Waals surface area contributed by atoms with E-state index in [1.54, 1.807) is 150 Å². The Bertz CT molecular complexity index is 4380. The number of carboxylic acids is 3. The van der Waals surface area contributed by atoms with Crippen molar-refractivity contribution in [3.05, 3.63) is 232 Å². The van der Waals surface area contributed by atoms with Crippen LogP contribution in [0.3, 0.4) is 0 Å². The number of esters is 1. The molecule has 646 valence electrons. The second-order valence-electron chi connectivity index (χ2n) is 28.5. The van der Waals surface area contributed by atoms with Crippen LogP contribution < -0.4 is 19.6 Å². The molecule has 0 radical (unpaired) electrons. The zero-order chi connectivity index (χ0) is 86.7. The molecular formula is C89H94Cl8N4O12S8. The summed E-state index contributed by atoms with van der Waals surface area (Å²) in [7, 11) is 16.8. The molecule has 0 aromatic heterocycles. The molecule has 2 unspecified atom stereocenters. The first kappa shape index (κ1) is 99.4. The first-order chi connectivity index (χ1) is 58.4. The highest BCUT2D eigenvalue weighted by molar-refractivity contribution is 8.78. The fourth-order valence-electron chi connectivity index (χ4n) is 13.9. The smallest absolute Gasteiger partial charge is 0.310 e. The van der Waals surface area contributed by atoms with E-state index >= 15 is 0 Å². The summed E-state index contributed by atoms with van der Waals surface area (Å²) in [5, 5.41) is 33.5. The van der Waals surface area contributed by atoms with Gasteiger partial charge in [0, 0.05) is 69.7 Å². The molecule has 4 amide bonds. The lowest BCUT2D eigenvalue weighted by atomic mass is 10.1. The van der Waals surface area contributed by atoms with E-state index < -0.39 is 17.9 Å². The van der Waals surface area contributed by atoms with Crippen LogP contribution in [-0.4, -0.2) is 114 Å². The first-order valence-electron chi connectivity index (χ1n) is 39.7. The van der Waals surface area contributed by atoms with E-state index in [4.69, 9.17) is 97.5 Å². The van der Waals surface area contributed by atoms with Gasteiger partial charge in [-0.1, -0.05) is 302 Å². The predicted molar refractivity (Wildman–Crippen MR) is 518 cm³/mol. The maximum atomic E-state index is 13.4. The zero-order valence-corrected chi connectivity index (χ0v) is 78.9. The number of carboxylic acid groups (broad SMARTS) is 3. The molecule has 4 aliphatic rings. The Balaban J connectivity index is 0.000000183. The number of hydrogen-bond acceptors (Lipinski definition) is 17. The monoisotopic (exact) mass is 1950 g/mol. The van der Waals surface area contributed by atoms with Crippen LogP contribution in [0.2, 0.25) is 40.2 Å². The van der Waals surface area contributed by atoms with E-state index in [0.717, 1.165) is 77.0 Å². The van der Waals surface area contributed by atoms with E-state index in [0.29, 0.717) is 155 Å². The quantitative estimate of drug-likeness (QED) is 0.0189. The van der Waals surface area contributed by atoms with Crippen molar-refractivity contribution < 1.29 is 58.4 Å². The number of aliphatic carboxylic acids is 3. The van der Waals surface area contributed by atoms with Gasteiger partial charge >= 0.3 is 23.9 Å². The van der Waals surface area contributed by atoms with Crippen molar-refractivity contribution in [2.75, 3.05) is 49.7 Å². The molecule has 0 aliphatic carbocycles. The Labute approximate surface area is 780 Å². The number of hydrogen-bond donors (Lipinski definition) is 3. The number of ether oxygens (including phenoxy) is 1. The lowest BCUT2D eigenvalue weighted by Crippen LogP contribution is -2.27. The number of unbranched alkanes of at least 4 members (excludes halogenated alkanes) is 4. The number of halogens is 8. The molecule has 4 aliphatic heterocycles. The molecule has 3 N–H and O–H groups in total. The van der Waals surface area contributed by atoms with Crippen molar-refractivity contribution in [2.45, 2.75) is 175 Å². The van der Waals surface area contributed by atoms with Crippen molar-refractivity contribution >= 4 is 272 Å². The average Bonchev–Trinajstić information content (AvgIpc) is 1.18. The summed E-state index contributed by atoms with van der Waals surface area (Å²) in [6, 6.07) is 48.6. The molecule has 8 aromatic rings. The second-order valence-corrected chi connectivity index (χ2v) is 42.9. The van der Waals surface area contributed by atoms with Crippen molar-refractivity contribution in [2.24, 2.45) is 0 Å². The third-order valence-electron chi connectivity index (χ3n) is 19.7. The summed E-state index contributed by atoms with van der Waals surface area (Å²) in [6.45, 7) is 0. The van der Waals surface area contributed by atoms with E-state index in [1.165, 1.54) is 70.5 Å². The molecule has 8 aromatic carbocycles. The maximum Gasteiger partial charge on any atom is 0.310 e. The van der Waals surface area contributed by atoms with Gasteiger partial charge in [-0.15, -0.1) is 0 Å². The predicted octanol–water partition coefficient (Wildman–Crippen LogP) is 28.1. The summed E-state index contributed by atoms with van der Waals surface area (Å²) in [6.07, 6.45) is 17.2. The van der Waals surface area contributed by atoms with E-state index in [-0.39, 0.29) is 55.3 Å². The number of para-hydroxylation sites is 8. The van der Waals surface area contributed by atoms with Crippen LogP contribution in [0.25, 0.3) is 0 Å². The minimum Gasteiger partial charge on any atom is -0.481 e. The Kier molecular flexibility index (Phi) is 43.3. The molecule has 0 saturated carbocycles. The first-order valence-corrected chi connectivity index (χ1v) is 52.2. The lowest BCUT2D eigenvalue weighted by molar-refractivity contribution is -0.140. The molecule has 32 heteroatoms. The summed E-state index contributed by atoms with van der Waals surface area (Å²) in [5.74, 6) is 1.02. The van der Waals surface area contributed by atoms with Gasteiger partial charge in [0.25, 0.3) is 0 Å². The standard InChI is InChI=1S/C23H25Cl2NO3S2.3C22H23Cl2NO3S2/c1-29-22(28)15-16-7-2-4-11-20(16)26(23-18(24)9-6-10-19(23)25)21(27)12-5-3-8-17-13-14-30-31-17;3*23-17-8-5-9-18(24)22(17)25(19-10-3-1-6-15(19)14-21(27)28)20(26)11-4-2-7-16-12-13-29-30-16/h2,4,6-7,9-11,17H,3,5,8,12-15H2,1H3;3*1,3,5-6,8-10,16H,2,4,7,11-14H2,(H,27,28)/t;2*16-;/m.10./s1. The molecule has 121 heavy (non-hydrogen) atoms. The highest BCUT2D eigenvalue weighted by Crippen LogP contribution is 2.48. The molecule has 4 atom stereocenters. The van der Waals surface area contributed by atoms with Gasteiger partial charge in [-0.2, -0.15) is 0 Å². The van der Waals surface area contributed by atoms with Gasteiger partial charge in [0.15, 0.2) is 0 Å². The van der Waals surface area contributed by atoms with E-state index in [2.05, 4.69) is 0 Å². The highest BCUT2D eigenvalue weighted by atomic mass is 35.5. The number of amides is 4. The Morgan fingerprint density at radius 3 is 0.702 bits per heavy atom. The molecule has 4 saturated heterocycles. The van der Waals surface area contributed by atoms with Crippen LogP contribution in [-0.2, 0) is 68.8 Å². The third kappa shape index (κ3) is 31.0. The fraction of sp³-hybridized carbons (Fsp3) is 0.371. The molecule has 12 rings (SSSR count). The number of benzene rings is 8. The number of anilines is 8. The van der Waals surface area contributed by atoms with Gasteiger partial charge in [0.1, 0.15) is 0 Å². The van der Waals surface area contributed by atoms with Crippen LogP contribution in [0.5, 0.6) is 0 Å². The lowest BCUT2D eigenvalue weighted by Gasteiger charge is -2.27. The molecular weight excluding hydrogens is 1860 g/mol. The number of rotatable bonds is 36. The van der Waals surface area contributed by atoms with Crippen LogP contribution in [0.15, 0.2) is 170 Å². The van der Waals surface area contributed by atoms with Crippen LogP contribution in [0, 0.1) is 0 Å². The topological polar surface area (TPSA) is 219 Å². The normalized spacial score (nSPS) is 15.8.